The highest BCUT2D eigenvalue weighted by Gasteiger charge is 2.36. The Morgan fingerprint density at radius 2 is 1.31 bits per heavy atom. The highest BCUT2D eigenvalue weighted by molar-refractivity contribution is 7.19. The van der Waals surface area contributed by atoms with Crippen LogP contribution in [0.5, 0.6) is 0 Å². The van der Waals surface area contributed by atoms with Crippen LogP contribution in [0.2, 0.25) is 17.1 Å². The number of hydrogen-bond donors (Lipinski definition) is 0. The van der Waals surface area contributed by atoms with Gasteiger partial charge in [0.2, 0.25) is 0 Å². The van der Waals surface area contributed by atoms with Gasteiger partial charge >= 0.3 is 0 Å². The minimum absolute atomic E-state index is 0.675. The van der Waals surface area contributed by atoms with Crippen LogP contribution in [0.3, 0.4) is 0 Å². The van der Waals surface area contributed by atoms with Crippen LogP contribution < -0.4 is 0 Å². The van der Waals surface area contributed by atoms with Crippen molar-refractivity contribution in [3.8, 4) is 11.5 Å². The Labute approximate surface area is 216 Å². The van der Waals surface area contributed by atoms with E-state index >= 15 is 0 Å². The van der Waals surface area contributed by atoms with Crippen LogP contribution in [-0.4, -0.2) is 8.07 Å². The third-order valence-corrected chi connectivity index (χ3v) is 15.9. The van der Waals surface area contributed by atoms with E-state index in [0.29, 0.717) is 11.1 Å². The minimum Gasteiger partial charge on any atom is -0.144 e. The number of benzene rings is 4. The zero-order valence-electron chi connectivity index (χ0n) is 21.0. The van der Waals surface area contributed by atoms with Crippen molar-refractivity contribution < 1.29 is 0 Å². The van der Waals surface area contributed by atoms with Gasteiger partial charge in [-0.25, -0.2) is 0 Å². The maximum atomic E-state index is 3.86. The summed E-state index contributed by atoms with van der Waals surface area (Å²) in [6.45, 7) is 11.8. The summed E-state index contributed by atoms with van der Waals surface area (Å²) in [6.07, 6.45) is 0. The lowest BCUT2D eigenvalue weighted by molar-refractivity contribution is 0.900. The molecule has 0 aliphatic heterocycles. The van der Waals surface area contributed by atoms with E-state index in [1.807, 2.05) is 22.7 Å². The van der Waals surface area contributed by atoms with E-state index in [1.165, 1.54) is 63.4 Å². The van der Waals surface area contributed by atoms with Crippen molar-refractivity contribution in [3.05, 3.63) is 70.9 Å². The van der Waals surface area contributed by atoms with Gasteiger partial charge in [0.25, 0.3) is 0 Å². The van der Waals surface area contributed by atoms with E-state index in [1.54, 1.807) is 0 Å². The summed E-state index contributed by atoms with van der Waals surface area (Å²) in [5.41, 5.74) is 5.21. The second-order valence-electron chi connectivity index (χ2n) is 10.4. The molecule has 35 heavy (non-hydrogen) atoms. The predicted octanol–water partition coefficient (Wildman–Crippen LogP) is 10.8. The zero-order valence-corrected chi connectivity index (χ0v) is 23.7. The van der Waals surface area contributed by atoms with E-state index in [4.69, 9.17) is 0 Å². The van der Waals surface area contributed by atoms with E-state index in [-0.39, 0.29) is 0 Å². The van der Waals surface area contributed by atoms with Crippen LogP contribution in [0.1, 0.15) is 39.5 Å². The molecule has 2 aromatic heterocycles. The first kappa shape index (κ1) is 22.8. The summed E-state index contributed by atoms with van der Waals surface area (Å²) in [4.78, 5) is 1.21. The fourth-order valence-corrected chi connectivity index (χ4v) is 11.9. The van der Waals surface area contributed by atoms with Crippen molar-refractivity contribution in [3.63, 3.8) is 0 Å². The maximum Gasteiger partial charge on any atom is 0.143 e. The Hall–Kier alpha value is -2.64. The largest absolute Gasteiger partial charge is 0.144 e. The lowest BCUT2D eigenvalue weighted by Gasteiger charge is -2.33. The molecule has 0 radical (unpaired) electrons. The molecule has 0 bridgehead atoms. The Morgan fingerprint density at radius 3 is 1.94 bits per heavy atom. The van der Waals surface area contributed by atoms with Gasteiger partial charge in [-0.05, 0) is 102 Å². The van der Waals surface area contributed by atoms with Crippen LogP contribution in [-0.2, 0) is 0 Å². The second-order valence-corrected chi connectivity index (χ2v) is 17.8. The summed E-state index contributed by atoms with van der Waals surface area (Å²) in [7, 11) is -1.63. The van der Waals surface area contributed by atoms with Crippen LogP contribution in [0.15, 0.2) is 66.0 Å². The van der Waals surface area contributed by atoms with Crippen LogP contribution in [0.4, 0.5) is 0 Å². The summed E-state index contributed by atoms with van der Waals surface area (Å²) in [5.74, 6) is 3.65. The Balaban J connectivity index is 1.52. The molecule has 0 atom stereocenters. The third kappa shape index (κ3) is 3.62. The summed E-state index contributed by atoms with van der Waals surface area (Å²) < 4.78 is 2.69. The number of thiophene rings is 2. The molecule has 0 fully saturated rings. The van der Waals surface area contributed by atoms with Crippen molar-refractivity contribution >= 4 is 83.2 Å². The monoisotopic (exact) mass is 506 g/mol. The summed E-state index contributed by atoms with van der Waals surface area (Å²) in [6, 6.07) is 24.4. The first-order valence-corrected chi connectivity index (χ1v) is 16.7. The van der Waals surface area contributed by atoms with Crippen molar-refractivity contribution in [1.82, 2.24) is 0 Å². The van der Waals surface area contributed by atoms with Gasteiger partial charge in [0.1, 0.15) is 8.07 Å². The summed E-state index contributed by atoms with van der Waals surface area (Å²) in [5, 5.41) is 12.8. The molecule has 0 nitrogen and oxygen atoms in total. The van der Waals surface area contributed by atoms with Gasteiger partial charge in [-0.15, -0.1) is 28.2 Å². The molecule has 174 valence electrons. The van der Waals surface area contributed by atoms with E-state index in [0.717, 1.165) is 0 Å². The smallest absolute Gasteiger partial charge is 0.143 e. The molecule has 4 aromatic carbocycles. The molecule has 6 rings (SSSR count). The number of rotatable bonds is 3. The molecule has 3 heteroatoms. The fourth-order valence-electron chi connectivity index (χ4n) is 5.97. The molecule has 6 aromatic rings. The van der Waals surface area contributed by atoms with Gasteiger partial charge in [0.15, 0.2) is 0 Å². The van der Waals surface area contributed by atoms with E-state index in [9.17, 15) is 0 Å². The Morgan fingerprint density at radius 1 is 0.686 bits per heavy atom. The van der Waals surface area contributed by atoms with Crippen molar-refractivity contribution in [2.75, 3.05) is 0 Å². The van der Waals surface area contributed by atoms with Gasteiger partial charge in [-0.1, -0.05) is 64.8 Å². The van der Waals surface area contributed by atoms with Crippen LogP contribution >= 0.6 is 22.7 Å². The first-order valence-electron chi connectivity index (χ1n) is 12.6. The van der Waals surface area contributed by atoms with Crippen molar-refractivity contribution in [2.24, 2.45) is 0 Å². The highest BCUT2D eigenvalue weighted by atomic mass is 32.1. The molecule has 0 unspecified atom stereocenters. The molecule has 0 amide bonds. The average molecular weight is 507 g/mol. The minimum atomic E-state index is -1.63. The average Bonchev–Trinajstić information content (AvgIpc) is 3.46. The van der Waals surface area contributed by atoms with Gasteiger partial charge < -0.3 is 0 Å². The first-order chi connectivity index (χ1) is 16.9. The Kier molecular flexibility index (Phi) is 5.53. The Bertz CT molecular complexity index is 1800. The zero-order chi connectivity index (χ0) is 24.3. The fraction of sp³-hybridized carbons (Fsp3) is 0.250. The number of hydrogen-bond acceptors (Lipinski definition) is 2. The molecule has 0 spiro atoms. The molecule has 0 aliphatic rings. The second kappa shape index (κ2) is 8.49. The third-order valence-electron chi connectivity index (χ3n) is 8.11. The highest BCUT2D eigenvalue weighted by Crippen LogP contribution is 2.38. The summed E-state index contributed by atoms with van der Waals surface area (Å²) >= 11 is 3.67. The lowest BCUT2D eigenvalue weighted by atomic mass is 9.96. The molecule has 0 saturated heterocycles. The van der Waals surface area contributed by atoms with E-state index in [2.05, 4.69) is 112 Å². The van der Waals surface area contributed by atoms with Gasteiger partial charge in [-0.2, -0.15) is 0 Å². The van der Waals surface area contributed by atoms with Crippen LogP contribution in [0, 0.1) is 11.5 Å². The maximum absolute atomic E-state index is 3.86. The number of fused-ring (bicyclic) bond motifs is 7. The van der Waals surface area contributed by atoms with Crippen LogP contribution in [0.25, 0.3) is 52.5 Å². The molecule has 2 heterocycles. The van der Waals surface area contributed by atoms with Gasteiger partial charge in [0.05, 0.1) is 4.88 Å². The molecular formula is C32H30S2Si. The SMILES string of the molecule is CC[Si](C#Cc1cc2cc3ccc4c5cc6sccc6cc5ccc4c3cc2s1)(C(C)C)C(C)C. The standard InChI is InChI=1S/C32H30S2Si/c1-6-35(20(2)3,21(4)5)14-12-26-17-25-16-23-8-10-27-28(30(23)19-32(25)34-26)9-7-22-15-24-11-13-33-31(24)18-29(22)27/h7-11,13,15-21H,6H2,1-5H3. The van der Waals surface area contributed by atoms with Crippen molar-refractivity contribution in [2.45, 2.75) is 51.7 Å². The molecule has 0 saturated carbocycles. The molecule has 0 aliphatic carbocycles. The topological polar surface area (TPSA) is 0 Å². The van der Waals surface area contributed by atoms with Gasteiger partial charge in [-0.3, -0.25) is 0 Å². The lowest BCUT2D eigenvalue weighted by Crippen LogP contribution is -2.39. The predicted molar refractivity (Wildman–Crippen MR) is 163 cm³/mol. The van der Waals surface area contributed by atoms with Gasteiger partial charge in [0, 0.05) is 9.40 Å². The molecule has 0 N–H and O–H groups in total. The molecular weight excluding hydrogens is 477 g/mol. The van der Waals surface area contributed by atoms with E-state index < -0.39 is 8.07 Å². The van der Waals surface area contributed by atoms with Crippen molar-refractivity contribution in [1.29, 1.82) is 0 Å². The quantitative estimate of drug-likeness (QED) is 0.127. The normalized spacial score (nSPS) is 12.5.